The molecular formula is C17H16Cl2N2O3S. The van der Waals surface area contributed by atoms with Gasteiger partial charge < -0.3 is 10.1 Å². The molecule has 1 heterocycles. The van der Waals surface area contributed by atoms with E-state index in [1.165, 1.54) is 17.8 Å². The van der Waals surface area contributed by atoms with Gasteiger partial charge in [0.05, 0.1) is 15.7 Å². The molecular weight excluding hydrogens is 383 g/mol. The van der Waals surface area contributed by atoms with Crippen LogP contribution in [0.1, 0.15) is 12.6 Å². The molecule has 0 unspecified atom stereocenters. The number of amides is 1. The molecule has 1 amide bonds. The second-order valence-corrected chi connectivity index (χ2v) is 7.34. The van der Waals surface area contributed by atoms with Gasteiger partial charge in [0, 0.05) is 4.90 Å². The third-order valence-electron chi connectivity index (χ3n) is 3.10. The Kier molecular flexibility index (Phi) is 7.11. The summed E-state index contributed by atoms with van der Waals surface area (Å²) in [6, 6.07) is 11.0. The van der Waals surface area contributed by atoms with Crippen LogP contribution in [-0.2, 0) is 14.3 Å². The number of aromatic nitrogens is 1. The maximum absolute atomic E-state index is 12.0. The number of rotatable bonds is 6. The fraction of sp³-hybridized carbons (Fsp3) is 0.235. The summed E-state index contributed by atoms with van der Waals surface area (Å²) in [5, 5.41) is 2.68. The fourth-order valence-electron chi connectivity index (χ4n) is 1.82. The molecule has 2 aromatic rings. The first kappa shape index (κ1) is 19.6. The molecule has 0 aliphatic heterocycles. The molecule has 1 atom stereocenters. The number of benzene rings is 1. The molecule has 2 rings (SSSR count). The molecule has 0 saturated carbocycles. The number of carbonyl (C=O) groups excluding carboxylic acids is 2. The van der Waals surface area contributed by atoms with Gasteiger partial charge in [0.15, 0.2) is 12.4 Å². The summed E-state index contributed by atoms with van der Waals surface area (Å²) in [7, 11) is 0. The number of nitrogens with zero attached hydrogens (tertiary/aromatic N) is 1. The number of carbonyl (C=O) groups is 2. The molecule has 0 aliphatic carbocycles. The van der Waals surface area contributed by atoms with E-state index in [4.69, 9.17) is 27.9 Å². The predicted molar refractivity (Wildman–Crippen MR) is 100 cm³/mol. The quantitative estimate of drug-likeness (QED) is 0.578. The molecule has 0 saturated heterocycles. The molecule has 1 N–H and O–H groups in total. The number of ether oxygens (including phenoxy) is 1. The van der Waals surface area contributed by atoms with E-state index in [-0.39, 0.29) is 10.8 Å². The van der Waals surface area contributed by atoms with Crippen molar-refractivity contribution in [3.8, 4) is 0 Å². The van der Waals surface area contributed by atoms with Crippen molar-refractivity contribution in [3.05, 3.63) is 52.1 Å². The van der Waals surface area contributed by atoms with Gasteiger partial charge in [-0.2, -0.15) is 0 Å². The highest BCUT2D eigenvalue weighted by molar-refractivity contribution is 8.00. The SMILES string of the molecule is Cc1nc(NC(=O)COC(=O)[C@@H](C)Sc2ccccc2)c(Cl)cc1Cl. The summed E-state index contributed by atoms with van der Waals surface area (Å²) in [5.41, 5.74) is 0.534. The Balaban J connectivity index is 1.85. The van der Waals surface area contributed by atoms with Crippen molar-refractivity contribution in [2.75, 3.05) is 11.9 Å². The number of hydrogen-bond donors (Lipinski definition) is 1. The van der Waals surface area contributed by atoms with Gasteiger partial charge >= 0.3 is 5.97 Å². The highest BCUT2D eigenvalue weighted by Crippen LogP contribution is 2.26. The largest absolute Gasteiger partial charge is 0.455 e. The Bertz CT molecular complexity index is 772. The van der Waals surface area contributed by atoms with Crippen LogP contribution in [0.15, 0.2) is 41.3 Å². The highest BCUT2D eigenvalue weighted by atomic mass is 35.5. The smallest absolute Gasteiger partial charge is 0.319 e. The maximum Gasteiger partial charge on any atom is 0.319 e. The van der Waals surface area contributed by atoms with E-state index >= 15 is 0 Å². The minimum absolute atomic E-state index is 0.177. The van der Waals surface area contributed by atoms with Crippen LogP contribution in [0, 0.1) is 6.92 Å². The van der Waals surface area contributed by atoms with Crippen LogP contribution in [-0.4, -0.2) is 28.7 Å². The number of esters is 1. The van der Waals surface area contributed by atoms with Crippen LogP contribution < -0.4 is 5.32 Å². The maximum atomic E-state index is 12.0. The van der Waals surface area contributed by atoms with E-state index in [1.807, 2.05) is 30.3 Å². The third-order valence-corrected chi connectivity index (χ3v) is 4.86. The highest BCUT2D eigenvalue weighted by Gasteiger charge is 2.18. The lowest BCUT2D eigenvalue weighted by Gasteiger charge is -2.12. The Morgan fingerprint density at radius 3 is 2.60 bits per heavy atom. The third kappa shape index (κ3) is 5.92. The predicted octanol–water partition coefficient (Wildman–Crippen LogP) is 4.36. The van der Waals surface area contributed by atoms with E-state index in [0.717, 1.165) is 4.90 Å². The standard InChI is InChI=1S/C17H16Cl2N2O3S/c1-10-13(18)8-14(19)16(20-10)21-15(22)9-24-17(23)11(2)25-12-6-4-3-5-7-12/h3-8,11H,9H2,1-2H3,(H,20,21,22)/t11-/m1/s1. The summed E-state index contributed by atoms with van der Waals surface area (Å²) < 4.78 is 5.04. The summed E-state index contributed by atoms with van der Waals surface area (Å²) in [6.45, 7) is 2.99. The number of pyridine rings is 1. The summed E-state index contributed by atoms with van der Waals surface area (Å²) >= 11 is 13.2. The van der Waals surface area contributed by atoms with Crippen molar-refractivity contribution >= 4 is 52.7 Å². The zero-order valence-electron chi connectivity index (χ0n) is 13.6. The van der Waals surface area contributed by atoms with Crippen molar-refractivity contribution < 1.29 is 14.3 Å². The Hall–Kier alpha value is -1.76. The van der Waals surface area contributed by atoms with Crippen LogP contribution in [0.25, 0.3) is 0 Å². The first-order valence-corrected chi connectivity index (χ1v) is 9.01. The van der Waals surface area contributed by atoms with Crippen molar-refractivity contribution in [2.45, 2.75) is 24.0 Å². The van der Waals surface area contributed by atoms with Crippen molar-refractivity contribution in [2.24, 2.45) is 0 Å². The van der Waals surface area contributed by atoms with Gasteiger partial charge in [-0.1, -0.05) is 41.4 Å². The zero-order valence-corrected chi connectivity index (χ0v) is 15.9. The van der Waals surface area contributed by atoms with Gasteiger partial charge in [-0.05, 0) is 32.0 Å². The van der Waals surface area contributed by atoms with Crippen LogP contribution >= 0.6 is 35.0 Å². The summed E-state index contributed by atoms with van der Waals surface area (Å²) in [5.74, 6) is -0.826. The number of halogens is 2. The van der Waals surface area contributed by atoms with Gasteiger partial charge in [0.2, 0.25) is 0 Å². The van der Waals surface area contributed by atoms with Gasteiger partial charge in [-0.25, -0.2) is 4.98 Å². The molecule has 0 spiro atoms. The minimum atomic E-state index is -0.526. The van der Waals surface area contributed by atoms with Gasteiger partial charge in [-0.15, -0.1) is 11.8 Å². The van der Waals surface area contributed by atoms with Crippen molar-refractivity contribution in [3.63, 3.8) is 0 Å². The first-order chi connectivity index (χ1) is 11.9. The number of hydrogen-bond acceptors (Lipinski definition) is 5. The molecule has 8 heteroatoms. The van der Waals surface area contributed by atoms with Gasteiger partial charge in [-0.3, -0.25) is 9.59 Å². The Morgan fingerprint density at radius 1 is 1.24 bits per heavy atom. The molecule has 132 valence electrons. The molecule has 1 aromatic carbocycles. The Labute approximate surface area is 160 Å². The second kappa shape index (κ2) is 9.08. The molecule has 5 nitrogen and oxygen atoms in total. The van der Waals surface area contributed by atoms with Crippen LogP contribution in [0.4, 0.5) is 5.82 Å². The second-order valence-electron chi connectivity index (χ2n) is 5.12. The monoisotopic (exact) mass is 398 g/mol. The lowest BCUT2D eigenvalue weighted by atomic mass is 10.3. The molecule has 0 radical (unpaired) electrons. The summed E-state index contributed by atoms with van der Waals surface area (Å²) in [6.07, 6.45) is 0. The topological polar surface area (TPSA) is 68.3 Å². The Morgan fingerprint density at radius 2 is 1.92 bits per heavy atom. The van der Waals surface area contributed by atoms with E-state index in [9.17, 15) is 9.59 Å². The van der Waals surface area contributed by atoms with Gasteiger partial charge in [0.25, 0.3) is 5.91 Å². The van der Waals surface area contributed by atoms with E-state index < -0.39 is 23.7 Å². The fourth-order valence-corrected chi connectivity index (χ4v) is 3.11. The van der Waals surface area contributed by atoms with E-state index in [2.05, 4.69) is 10.3 Å². The number of nitrogens with one attached hydrogen (secondary N) is 1. The van der Waals surface area contributed by atoms with Gasteiger partial charge in [0.1, 0.15) is 5.25 Å². The molecule has 0 fully saturated rings. The first-order valence-electron chi connectivity index (χ1n) is 7.37. The normalized spacial score (nSPS) is 11.7. The van der Waals surface area contributed by atoms with E-state index in [1.54, 1.807) is 13.8 Å². The molecule has 0 bridgehead atoms. The van der Waals surface area contributed by atoms with Crippen LogP contribution in [0.3, 0.4) is 0 Å². The summed E-state index contributed by atoms with van der Waals surface area (Å²) in [4.78, 5) is 28.9. The number of anilines is 1. The van der Waals surface area contributed by atoms with Crippen molar-refractivity contribution in [1.29, 1.82) is 0 Å². The number of aryl methyl sites for hydroxylation is 1. The molecule has 1 aromatic heterocycles. The zero-order chi connectivity index (χ0) is 18.4. The van der Waals surface area contributed by atoms with Crippen LogP contribution in [0.5, 0.6) is 0 Å². The van der Waals surface area contributed by atoms with Crippen molar-refractivity contribution in [1.82, 2.24) is 4.98 Å². The minimum Gasteiger partial charge on any atom is -0.455 e. The molecule has 0 aliphatic rings. The van der Waals surface area contributed by atoms with Crippen LogP contribution in [0.2, 0.25) is 10.0 Å². The molecule has 25 heavy (non-hydrogen) atoms. The lowest BCUT2D eigenvalue weighted by molar-refractivity contribution is -0.146. The average Bonchev–Trinajstić information content (AvgIpc) is 2.58. The van der Waals surface area contributed by atoms with E-state index in [0.29, 0.717) is 10.7 Å². The lowest BCUT2D eigenvalue weighted by Crippen LogP contribution is -2.25. The average molecular weight is 399 g/mol. The number of thioether (sulfide) groups is 1.